The van der Waals surface area contributed by atoms with Crippen molar-refractivity contribution in [3.63, 3.8) is 0 Å². The third kappa shape index (κ3) is 2.43. The van der Waals surface area contributed by atoms with E-state index >= 15 is 0 Å². The molecule has 15 heavy (non-hydrogen) atoms. The molecule has 1 aromatic heterocycles. The predicted octanol–water partition coefficient (Wildman–Crippen LogP) is 0.651. The number of nitrogens with one attached hydrogen (secondary N) is 2. The van der Waals surface area contributed by atoms with Gasteiger partial charge in [-0.1, -0.05) is 0 Å². The Bertz CT molecular complexity index is 349. The molecule has 0 saturated heterocycles. The molecule has 1 aliphatic carbocycles. The Morgan fingerprint density at radius 2 is 2.20 bits per heavy atom. The van der Waals surface area contributed by atoms with E-state index in [1.165, 1.54) is 6.20 Å². The normalized spacial score (nSPS) is 17.7. The SMILES string of the molecule is O=C1CCC(NC(=O)c2cn[nH]c2)CC1. The van der Waals surface area contributed by atoms with Crippen molar-refractivity contribution in [2.45, 2.75) is 31.7 Å². The van der Waals surface area contributed by atoms with Crippen molar-refractivity contribution in [2.24, 2.45) is 0 Å². The molecular weight excluding hydrogens is 194 g/mol. The summed E-state index contributed by atoms with van der Waals surface area (Å²) >= 11 is 0. The fourth-order valence-corrected chi connectivity index (χ4v) is 1.73. The lowest BCUT2D eigenvalue weighted by molar-refractivity contribution is -0.120. The smallest absolute Gasteiger partial charge is 0.254 e. The van der Waals surface area contributed by atoms with E-state index in [9.17, 15) is 9.59 Å². The second-order valence-corrected chi connectivity index (χ2v) is 3.77. The topological polar surface area (TPSA) is 74.8 Å². The maximum Gasteiger partial charge on any atom is 0.254 e. The first-order valence-electron chi connectivity index (χ1n) is 5.07. The van der Waals surface area contributed by atoms with Gasteiger partial charge in [-0.05, 0) is 12.8 Å². The van der Waals surface area contributed by atoms with E-state index < -0.39 is 0 Å². The lowest BCUT2D eigenvalue weighted by atomic mass is 9.94. The number of H-pyrrole nitrogens is 1. The minimum atomic E-state index is -0.122. The van der Waals surface area contributed by atoms with Crippen LogP contribution in [0, 0.1) is 0 Å². The second kappa shape index (κ2) is 4.25. The van der Waals surface area contributed by atoms with Crippen molar-refractivity contribution in [3.05, 3.63) is 18.0 Å². The number of rotatable bonds is 2. The van der Waals surface area contributed by atoms with E-state index in [1.807, 2.05) is 0 Å². The van der Waals surface area contributed by atoms with Gasteiger partial charge in [0, 0.05) is 25.1 Å². The van der Waals surface area contributed by atoms with Crippen molar-refractivity contribution in [1.82, 2.24) is 15.5 Å². The van der Waals surface area contributed by atoms with E-state index in [2.05, 4.69) is 15.5 Å². The van der Waals surface area contributed by atoms with Gasteiger partial charge in [-0.25, -0.2) is 0 Å². The quantitative estimate of drug-likeness (QED) is 0.747. The van der Waals surface area contributed by atoms with Gasteiger partial charge < -0.3 is 5.32 Å². The molecule has 80 valence electrons. The lowest BCUT2D eigenvalue weighted by Gasteiger charge is -2.21. The van der Waals surface area contributed by atoms with E-state index in [4.69, 9.17) is 0 Å². The summed E-state index contributed by atoms with van der Waals surface area (Å²) in [7, 11) is 0. The van der Waals surface area contributed by atoms with Gasteiger partial charge in [0.1, 0.15) is 5.78 Å². The van der Waals surface area contributed by atoms with E-state index in [-0.39, 0.29) is 11.9 Å². The van der Waals surface area contributed by atoms with Gasteiger partial charge in [-0.3, -0.25) is 14.7 Å². The van der Waals surface area contributed by atoms with Crippen LogP contribution in [-0.2, 0) is 4.79 Å². The number of aromatic nitrogens is 2. The van der Waals surface area contributed by atoms with Crippen LogP contribution in [0.15, 0.2) is 12.4 Å². The molecule has 1 amide bonds. The molecule has 0 bridgehead atoms. The van der Waals surface area contributed by atoms with Crippen LogP contribution in [-0.4, -0.2) is 27.9 Å². The van der Waals surface area contributed by atoms with Crippen LogP contribution >= 0.6 is 0 Å². The predicted molar refractivity (Wildman–Crippen MR) is 53.3 cm³/mol. The second-order valence-electron chi connectivity index (χ2n) is 3.77. The van der Waals surface area contributed by atoms with Crippen molar-refractivity contribution in [1.29, 1.82) is 0 Å². The Balaban J connectivity index is 1.87. The molecule has 0 atom stereocenters. The standard InChI is InChI=1S/C10H13N3O2/c14-9-3-1-8(2-4-9)13-10(15)7-5-11-12-6-7/h5-6,8H,1-4H2,(H,11,12)(H,13,15). The monoisotopic (exact) mass is 207 g/mol. The third-order valence-corrected chi connectivity index (χ3v) is 2.64. The average molecular weight is 207 g/mol. The van der Waals surface area contributed by atoms with E-state index in [1.54, 1.807) is 6.20 Å². The summed E-state index contributed by atoms with van der Waals surface area (Å²) in [5.41, 5.74) is 0.534. The zero-order valence-corrected chi connectivity index (χ0v) is 8.32. The molecule has 5 nitrogen and oxygen atoms in total. The summed E-state index contributed by atoms with van der Waals surface area (Å²) in [6.45, 7) is 0. The van der Waals surface area contributed by atoms with Crippen LogP contribution in [0.25, 0.3) is 0 Å². The molecule has 1 fully saturated rings. The van der Waals surface area contributed by atoms with Gasteiger partial charge in [0.05, 0.1) is 11.8 Å². The molecule has 0 unspecified atom stereocenters. The average Bonchev–Trinajstić information content (AvgIpc) is 2.74. The van der Waals surface area contributed by atoms with Gasteiger partial charge in [0.2, 0.25) is 0 Å². The molecular formula is C10H13N3O2. The van der Waals surface area contributed by atoms with Gasteiger partial charge >= 0.3 is 0 Å². The zero-order chi connectivity index (χ0) is 10.7. The molecule has 1 heterocycles. The van der Waals surface area contributed by atoms with Crippen LogP contribution in [0.3, 0.4) is 0 Å². The lowest BCUT2D eigenvalue weighted by Crippen LogP contribution is -2.37. The number of hydrogen-bond acceptors (Lipinski definition) is 3. The number of nitrogens with zero attached hydrogens (tertiary/aromatic N) is 1. The Labute approximate surface area is 87.3 Å². The van der Waals surface area contributed by atoms with Crippen molar-refractivity contribution in [2.75, 3.05) is 0 Å². The summed E-state index contributed by atoms with van der Waals surface area (Å²) in [5.74, 6) is 0.173. The van der Waals surface area contributed by atoms with Crippen molar-refractivity contribution in [3.8, 4) is 0 Å². The largest absolute Gasteiger partial charge is 0.349 e. The Morgan fingerprint density at radius 3 is 2.80 bits per heavy atom. The molecule has 0 radical (unpaired) electrons. The van der Waals surface area contributed by atoms with Gasteiger partial charge in [0.15, 0.2) is 0 Å². The molecule has 2 N–H and O–H groups in total. The minimum Gasteiger partial charge on any atom is -0.349 e. The fourth-order valence-electron chi connectivity index (χ4n) is 1.73. The highest BCUT2D eigenvalue weighted by Crippen LogP contribution is 2.15. The number of Topliss-reactive ketones (excluding diaryl/α,β-unsaturated/α-hetero) is 1. The van der Waals surface area contributed by atoms with Gasteiger partial charge in [-0.2, -0.15) is 5.10 Å². The highest BCUT2D eigenvalue weighted by atomic mass is 16.1. The van der Waals surface area contributed by atoms with Crippen LogP contribution in [0.1, 0.15) is 36.0 Å². The van der Waals surface area contributed by atoms with Gasteiger partial charge in [-0.15, -0.1) is 0 Å². The number of carbonyl (C=O) groups excluding carboxylic acids is 2. The minimum absolute atomic E-state index is 0.122. The van der Waals surface area contributed by atoms with Crippen LogP contribution < -0.4 is 5.32 Å². The number of carbonyl (C=O) groups is 2. The van der Waals surface area contributed by atoms with Gasteiger partial charge in [0.25, 0.3) is 5.91 Å². The maximum atomic E-state index is 11.6. The number of hydrogen-bond donors (Lipinski definition) is 2. The molecule has 1 saturated carbocycles. The van der Waals surface area contributed by atoms with Crippen molar-refractivity contribution >= 4 is 11.7 Å². The fraction of sp³-hybridized carbons (Fsp3) is 0.500. The highest BCUT2D eigenvalue weighted by molar-refractivity contribution is 5.94. The first-order chi connectivity index (χ1) is 7.25. The molecule has 1 aliphatic rings. The molecule has 5 heteroatoms. The third-order valence-electron chi connectivity index (χ3n) is 2.64. The summed E-state index contributed by atoms with van der Waals surface area (Å²) in [4.78, 5) is 22.6. The molecule has 0 aromatic carbocycles. The summed E-state index contributed by atoms with van der Waals surface area (Å²) in [5, 5.41) is 9.19. The first kappa shape index (κ1) is 9.89. The van der Waals surface area contributed by atoms with Crippen LogP contribution in [0.4, 0.5) is 0 Å². The Hall–Kier alpha value is -1.65. The first-order valence-corrected chi connectivity index (χ1v) is 5.07. The summed E-state index contributed by atoms with van der Waals surface area (Å²) in [6.07, 6.45) is 5.71. The molecule has 0 spiro atoms. The van der Waals surface area contributed by atoms with E-state index in [0.29, 0.717) is 24.2 Å². The maximum absolute atomic E-state index is 11.6. The number of amides is 1. The summed E-state index contributed by atoms with van der Waals surface area (Å²) in [6, 6.07) is 0.130. The number of aromatic amines is 1. The molecule has 1 aromatic rings. The summed E-state index contributed by atoms with van der Waals surface area (Å²) < 4.78 is 0. The zero-order valence-electron chi connectivity index (χ0n) is 8.32. The Kier molecular flexibility index (Phi) is 2.80. The van der Waals surface area contributed by atoms with Crippen LogP contribution in [0.5, 0.6) is 0 Å². The van der Waals surface area contributed by atoms with E-state index in [0.717, 1.165) is 12.8 Å². The highest BCUT2D eigenvalue weighted by Gasteiger charge is 2.20. The van der Waals surface area contributed by atoms with Crippen molar-refractivity contribution < 1.29 is 9.59 Å². The number of ketones is 1. The molecule has 0 aliphatic heterocycles. The van der Waals surface area contributed by atoms with Crippen LogP contribution in [0.2, 0.25) is 0 Å². The molecule has 2 rings (SSSR count). The Morgan fingerprint density at radius 1 is 1.47 bits per heavy atom.